The first-order valence-corrected chi connectivity index (χ1v) is 7.13. The molecule has 1 N–H and O–H groups in total. The summed E-state index contributed by atoms with van der Waals surface area (Å²) in [5.74, 6) is -0.842. The maximum absolute atomic E-state index is 12.1. The van der Waals surface area contributed by atoms with E-state index in [-0.39, 0.29) is 36.4 Å². The van der Waals surface area contributed by atoms with Crippen molar-refractivity contribution in [1.82, 2.24) is 5.32 Å². The molecule has 1 aliphatic carbocycles. The predicted octanol–water partition coefficient (Wildman–Crippen LogP) is 1.04. The summed E-state index contributed by atoms with van der Waals surface area (Å²) >= 11 is 0. The van der Waals surface area contributed by atoms with Crippen LogP contribution < -0.4 is 14.8 Å². The van der Waals surface area contributed by atoms with Gasteiger partial charge in [0.25, 0.3) is 0 Å². The minimum absolute atomic E-state index is 0.00545. The van der Waals surface area contributed by atoms with E-state index in [0.717, 1.165) is 5.56 Å². The molecule has 0 radical (unpaired) electrons. The maximum atomic E-state index is 12.1. The van der Waals surface area contributed by atoms with E-state index >= 15 is 0 Å². The van der Waals surface area contributed by atoms with Gasteiger partial charge in [-0.15, -0.1) is 0 Å². The molecular formula is C16H17NO5. The molecule has 1 saturated carbocycles. The number of ketones is 1. The van der Waals surface area contributed by atoms with Crippen molar-refractivity contribution in [2.45, 2.75) is 18.8 Å². The number of Topliss-reactive ketones (excluding diaryl/α,β-unsaturated/α-hetero) is 1. The Labute approximate surface area is 127 Å². The predicted molar refractivity (Wildman–Crippen MR) is 76.7 cm³/mol. The second-order valence-corrected chi connectivity index (χ2v) is 5.65. The third-order valence-corrected chi connectivity index (χ3v) is 4.48. The van der Waals surface area contributed by atoms with Crippen molar-refractivity contribution in [2.75, 3.05) is 14.2 Å². The van der Waals surface area contributed by atoms with Crippen molar-refractivity contribution >= 4 is 17.6 Å². The molecule has 116 valence electrons. The molecule has 22 heavy (non-hydrogen) atoms. The van der Waals surface area contributed by atoms with E-state index in [0.29, 0.717) is 11.5 Å². The molecule has 1 saturated heterocycles. The Morgan fingerprint density at radius 1 is 0.955 bits per heavy atom. The number of fused-ring (bicyclic) bond motifs is 1. The van der Waals surface area contributed by atoms with Gasteiger partial charge in [0.2, 0.25) is 11.8 Å². The highest BCUT2D eigenvalue weighted by atomic mass is 16.5. The number of imide groups is 1. The lowest BCUT2D eigenvalue weighted by Crippen LogP contribution is -2.33. The highest BCUT2D eigenvalue weighted by Crippen LogP contribution is 2.44. The van der Waals surface area contributed by atoms with E-state index in [2.05, 4.69) is 5.32 Å². The molecule has 6 nitrogen and oxygen atoms in total. The minimum atomic E-state index is -0.549. The van der Waals surface area contributed by atoms with Gasteiger partial charge < -0.3 is 9.47 Å². The molecule has 6 heteroatoms. The first kappa shape index (κ1) is 14.6. The van der Waals surface area contributed by atoms with E-state index in [1.165, 1.54) is 7.11 Å². The van der Waals surface area contributed by atoms with Crippen molar-refractivity contribution in [3.05, 3.63) is 23.8 Å². The zero-order chi connectivity index (χ0) is 15.9. The summed E-state index contributed by atoms with van der Waals surface area (Å²) in [5, 5.41) is 2.34. The van der Waals surface area contributed by atoms with E-state index in [1.807, 2.05) is 6.07 Å². The average Bonchev–Trinajstić information content (AvgIpc) is 2.80. The minimum Gasteiger partial charge on any atom is -0.493 e. The van der Waals surface area contributed by atoms with Gasteiger partial charge in [-0.3, -0.25) is 19.7 Å². The number of nitrogens with one attached hydrogen (secondary N) is 1. The quantitative estimate of drug-likeness (QED) is 0.844. The number of ether oxygens (including phenoxy) is 2. The Balaban J connectivity index is 2.00. The SMILES string of the molecule is COc1ccc([C@H]2CC(=O)C[C@H]3C(=O)NC(=O)[C@@H]23)cc1OC. The Hall–Kier alpha value is -2.37. The Kier molecular flexibility index (Phi) is 3.60. The molecule has 3 rings (SSSR count). The van der Waals surface area contributed by atoms with Gasteiger partial charge in [-0.05, 0) is 17.7 Å². The second-order valence-electron chi connectivity index (χ2n) is 5.65. The summed E-state index contributed by atoms with van der Waals surface area (Å²) in [6.07, 6.45) is 0.406. The molecular weight excluding hydrogens is 286 g/mol. The molecule has 0 bridgehead atoms. The average molecular weight is 303 g/mol. The fraction of sp³-hybridized carbons (Fsp3) is 0.438. The topological polar surface area (TPSA) is 81.7 Å². The van der Waals surface area contributed by atoms with Crippen LogP contribution in [-0.2, 0) is 14.4 Å². The van der Waals surface area contributed by atoms with Gasteiger partial charge in [0.15, 0.2) is 11.5 Å². The molecule has 3 atom stereocenters. The molecule has 0 unspecified atom stereocenters. The highest BCUT2D eigenvalue weighted by Gasteiger charge is 2.50. The first-order valence-electron chi connectivity index (χ1n) is 7.13. The summed E-state index contributed by atoms with van der Waals surface area (Å²) in [6, 6.07) is 5.34. The van der Waals surface area contributed by atoms with Crippen LogP contribution in [0.5, 0.6) is 11.5 Å². The Bertz CT molecular complexity index is 654. The monoisotopic (exact) mass is 303 g/mol. The van der Waals surface area contributed by atoms with Crippen LogP contribution in [0.15, 0.2) is 18.2 Å². The Morgan fingerprint density at radius 2 is 1.64 bits per heavy atom. The molecule has 1 heterocycles. The van der Waals surface area contributed by atoms with Crippen LogP contribution in [0.25, 0.3) is 0 Å². The van der Waals surface area contributed by atoms with Crippen LogP contribution in [0.2, 0.25) is 0 Å². The van der Waals surface area contributed by atoms with Gasteiger partial charge in [-0.25, -0.2) is 0 Å². The van der Waals surface area contributed by atoms with Crippen molar-refractivity contribution < 1.29 is 23.9 Å². The number of hydrogen-bond acceptors (Lipinski definition) is 5. The van der Waals surface area contributed by atoms with Gasteiger partial charge in [-0.2, -0.15) is 0 Å². The van der Waals surface area contributed by atoms with Crippen LogP contribution >= 0.6 is 0 Å². The number of carbonyl (C=O) groups excluding carboxylic acids is 3. The van der Waals surface area contributed by atoms with Crippen LogP contribution in [-0.4, -0.2) is 31.8 Å². The normalized spacial score (nSPS) is 27.4. The molecule has 0 aromatic heterocycles. The second kappa shape index (κ2) is 5.44. The smallest absolute Gasteiger partial charge is 0.231 e. The molecule has 1 aromatic rings. The first-order chi connectivity index (χ1) is 10.5. The van der Waals surface area contributed by atoms with E-state index in [1.54, 1.807) is 19.2 Å². The van der Waals surface area contributed by atoms with Crippen molar-refractivity contribution in [3.63, 3.8) is 0 Å². The number of benzene rings is 1. The largest absolute Gasteiger partial charge is 0.493 e. The molecule has 2 fully saturated rings. The summed E-state index contributed by atoms with van der Waals surface area (Å²) in [7, 11) is 3.07. The van der Waals surface area contributed by atoms with Crippen molar-refractivity contribution in [1.29, 1.82) is 0 Å². The Morgan fingerprint density at radius 3 is 2.32 bits per heavy atom. The van der Waals surface area contributed by atoms with Gasteiger partial charge in [-0.1, -0.05) is 6.07 Å². The van der Waals surface area contributed by atoms with Crippen LogP contribution in [0.3, 0.4) is 0 Å². The van der Waals surface area contributed by atoms with Gasteiger partial charge >= 0.3 is 0 Å². The highest BCUT2D eigenvalue weighted by molar-refractivity contribution is 6.08. The fourth-order valence-electron chi connectivity index (χ4n) is 3.44. The van der Waals surface area contributed by atoms with Gasteiger partial charge in [0.1, 0.15) is 5.78 Å². The number of methoxy groups -OCH3 is 2. The number of amides is 2. The van der Waals surface area contributed by atoms with Crippen molar-refractivity contribution in [2.24, 2.45) is 11.8 Å². The zero-order valence-corrected chi connectivity index (χ0v) is 12.4. The van der Waals surface area contributed by atoms with E-state index in [9.17, 15) is 14.4 Å². The maximum Gasteiger partial charge on any atom is 0.231 e. The lowest BCUT2D eigenvalue weighted by molar-refractivity contribution is -0.130. The third-order valence-electron chi connectivity index (χ3n) is 4.48. The molecule has 0 spiro atoms. The fourth-order valence-corrected chi connectivity index (χ4v) is 3.44. The summed E-state index contributed by atoms with van der Waals surface area (Å²) in [4.78, 5) is 35.9. The van der Waals surface area contributed by atoms with Gasteiger partial charge in [0.05, 0.1) is 26.1 Å². The summed E-state index contributed by atoms with van der Waals surface area (Å²) < 4.78 is 10.5. The number of hydrogen-bond donors (Lipinski definition) is 1. The summed E-state index contributed by atoms with van der Waals surface area (Å²) in [6.45, 7) is 0. The van der Waals surface area contributed by atoms with Gasteiger partial charge in [0, 0.05) is 18.8 Å². The number of rotatable bonds is 3. The lowest BCUT2D eigenvalue weighted by Gasteiger charge is -2.30. The third kappa shape index (κ3) is 2.24. The van der Waals surface area contributed by atoms with Crippen molar-refractivity contribution in [3.8, 4) is 11.5 Å². The molecule has 2 aliphatic rings. The van der Waals surface area contributed by atoms with Crippen LogP contribution in [0, 0.1) is 11.8 Å². The standard InChI is InChI=1S/C16H17NO5/c1-21-12-4-3-8(5-13(12)22-2)10-6-9(18)7-11-14(10)16(20)17-15(11)19/h3-5,10-11,14H,6-7H2,1-2H3,(H,17,19,20)/t10-,11-,14+/m1/s1. The number of carbonyl (C=O) groups is 3. The van der Waals surface area contributed by atoms with Crippen LogP contribution in [0.4, 0.5) is 0 Å². The summed E-state index contributed by atoms with van der Waals surface area (Å²) in [5.41, 5.74) is 0.811. The molecule has 1 aliphatic heterocycles. The van der Waals surface area contributed by atoms with E-state index in [4.69, 9.17) is 9.47 Å². The molecule has 1 aromatic carbocycles. The lowest BCUT2D eigenvalue weighted by atomic mass is 9.70. The van der Waals surface area contributed by atoms with Crippen LogP contribution in [0.1, 0.15) is 24.3 Å². The van der Waals surface area contributed by atoms with E-state index < -0.39 is 11.8 Å². The zero-order valence-electron chi connectivity index (χ0n) is 12.4. The molecule has 2 amide bonds.